The Morgan fingerprint density at radius 3 is 2.26 bits per heavy atom. The van der Waals surface area contributed by atoms with Crippen molar-refractivity contribution in [1.82, 2.24) is 5.32 Å². The van der Waals surface area contributed by atoms with Gasteiger partial charge in [0.05, 0.1) is 0 Å². The van der Waals surface area contributed by atoms with E-state index in [0.717, 1.165) is 13.1 Å². The summed E-state index contributed by atoms with van der Waals surface area (Å²) in [5, 5.41) is 3.59. The zero-order valence-electron chi connectivity index (χ0n) is 12.1. The second-order valence-electron chi connectivity index (χ2n) is 5.88. The van der Waals surface area contributed by atoms with Crippen LogP contribution >= 0.6 is 0 Å². The van der Waals surface area contributed by atoms with Crippen LogP contribution in [0.5, 0.6) is 0 Å². The summed E-state index contributed by atoms with van der Waals surface area (Å²) in [7, 11) is 0. The molecule has 1 aliphatic rings. The van der Waals surface area contributed by atoms with E-state index in [9.17, 15) is 4.39 Å². The van der Waals surface area contributed by atoms with E-state index >= 15 is 0 Å². The van der Waals surface area contributed by atoms with Crippen molar-refractivity contribution in [2.45, 2.75) is 57.3 Å². The van der Waals surface area contributed by atoms with E-state index in [2.05, 4.69) is 12.2 Å². The van der Waals surface area contributed by atoms with Crippen LogP contribution < -0.4 is 5.32 Å². The van der Waals surface area contributed by atoms with Crippen LogP contribution in [0.2, 0.25) is 0 Å². The van der Waals surface area contributed by atoms with Crippen molar-refractivity contribution >= 4 is 0 Å². The maximum Gasteiger partial charge on any atom is 0.123 e. The van der Waals surface area contributed by atoms with Gasteiger partial charge in [0, 0.05) is 12.0 Å². The normalized spacial score (nSPS) is 19.1. The van der Waals surface area contributed by atoms with Crippen LogP contribution in [0.3, 0.4) is 0 Å². The third kappa shape index (κ3) is 3.79. The molecule has 0 heterocycles. The van der Waals surface area contributed by atoms with Gasteiger partial charge in [0.2, 0.25) is 0 Å². The molecule has 1 fully saturated rings. The summed E-state index contributed by atoms with van der Waals surface area (Å²) >= 11 is 0. The van der Waals surface area contributed by atoms with E-state index in [4.69, 9.17) is 0 Å². The van der Waals surface area contributed by atoms with E-state index in [1.54, 1.807) is 12.1 Å². The van der Waals surface area contributed by atoms with E-state index in [1.807, 2.05) is 12.1 Å². The number of nitrogens with one attached hydrogen (secondary N) is 1. The van der Waals surface area contributed by atoms with Crippen molar-refractivity contribution in [3.63, 3.8) is 0 Å². The number of hydrogen-bond donors (Lipinski definition) is 1. The highest BCUT2D eigenvalue weighted by molar-refractivity contribution is 5.27. The standard InChI is InChI=1S/C17H26FN/c1-2-13-19-14-17(11-5-3-4-6-12-17)15-7-9-16(18)10-8-15/h7-10,19H,2-6,11-14H2,1H3. The summed E-state index contributed by atoms with van der Waals surface area (Å²) in [6.45, 7) is 4.31. The van der Waals surface area contributed by atoms with Crippen LogP contribution in [0.1, 0.15) is 57.4 Å². The minimum absolute atomic E-state index is 0.131. The average molecular weight is 263 g/mol. The zero-order chi connectivity index (χ0) is 13.6. The van der Waals surface area contributed by atoms with Gasteiger partial charge in [0.25, 0.3) is 0 Å². The molecule has 1 aromatic rings. The van der Waals surface area contributed by atoms with Gasteiger partial charge in [0.15, 0.2) is 0 Å². The molecule has 0 unspecified atom stereocenters. The highest BCUT2D eigenvalue weighted by Gasteiger charge is 2.32. The third-order valence-corrected chi connectivity index (χ3v) is 4.41. The Kier molecular flexibility index (Phi) is 5.38. The molecule has 1 aliphatic carbocycles. The van der Waals surface area contributed by atoms with Crippen LogP contribution in [0, 0.1) is 5.82 Å². The predicted molar refractivity (Wildman–Crippen MR) is 78.9 cm³/mol. The van der Waals surface area contributed by atoms with Gasteiger partial charge in [0.1, 0.15) is 5.82 Å². The van der Waals surface area contributed by atoms with Gasteiger partial charge in [-0.2, -0.15) is 0 Å². The maximum absolute atomic E-state index is 13.1. The molecular weight excluding hydrogens is 237 g/mol. The molecule has 0 bridgehead atoms. The predicted octanol–water partition coefficient (Wildman–Crippen LogP) is 4.42. The lowest BCUT2D eigenvalue weighted by molar-refractivity contribution is 0.347. The maximum atomic E-state index is 13.1. The molecule has 1 aromatic carbocycles. The number of halogens is 1. The molecule has 2 rings (SSSR count). The van der Waals surface area contributed by atoms with E-state index in [1.165, 1.54) is 50.5 Å². The Morgan fingerprint density at radius 2 is 1.68 bits per heavy atom. The second-order valence-corrected chi connectivity index (χ2v) is 5.88. The number of benzene rings is 1. The molecule has 0 saturated heterocycles. The van der Waals surface area contributed by atoms with Gasteiger partial charge < -0.3 is 5.32 Å². The molecule has 1 N–H and O–H groups in total. The Hall–Kier alpha value is -0.890. The summed E-state index contributed by atoms with van der Waals surface area (Å²) < 4.78 is 13.1. The minimum atomic E-state index is -0.131. The van der Waals surface area contributed by atoms with Gasteiger partial charge in [-0.1, -0.05) is 44.7 Å². The largest absolute Gasteiger partial charge is 0.316 e. The zero-order valence-corrected chi connectivity index (χ0v) is 12.1. The first kappa shape index (κ1) is 14.5. The Balaban J connectivity index is 2.18. The van der Waals surface area contributed by atoms with Crippen LogP contribution in [-0.4, -0.2) is 13.1 Å². The van der Waals surface area contributed by atoms with E-state index in [-0.39, 0.29) is 11.2 Å². The fraction of sp³-hybridized carbons (Fsp3) is 0.647. The Labute approximate surface area is 116 Å². The van der Waals surface area contributed by atoms with Crippen molar-refractivity contribution in [3.05, 3.63) is 35.6 Å². The van der Waals surface area contributed by atoms with Crippen molar-refractivity contribution in [2.24, 2.45) is 0 Å². The lowest BCUT2D eigenvalue weighted by Crippen LogP contribution is -2.38. The molecule has 1 saturated carbocycles. The quantitative estimate of drug-likeness (QED) is 0.612. The third-order valence-electron chi connectivity index (χ3n) is 4.41. The summed E-state index contributed by atoms with van der Waals surface area (Å²) in [6, 6.07) is 7.21. The molecule has 0 amide bonds. The molecule has 0 aromatic heterocycles. The molecule has 0 aliphatic heterocycles. The van der Waals surface area contributed by atoms with Crippen LogP contribution in [0.25, 0.3) is 0 Å². The fourth-order valence-electron chi connectivity index (χ4n) is 3.28. The summed E-state index contributed by atoms with van der Waals surface area (Å²) in [5.41, 5.74) is 1.54. The lowest BCUT2D eigenvalue weighted by atomic mass is 9.74. The number of rotatable bonds is 5. The Bertz CT molecular complexity index is 363. The summed E-state index contributed by atoms with van der Waals surface area (Å²) in [6.07, 6.45) is 8.91. The van der Waals surface area contributed by atoms with Crippen LogP contribution in [0.15, 0.2) is 24.3 Å². The van der Waals surface area contributed by atoms with Gasteiger partial charge in [-0.05, 0) is 43.5 Å². The smallest absolute Gasteiger partial charge is 0.123 e. The highest BCUT2D eigenvalue weighted by Crippen LogP contribution is 2.38. The summed E-state index contributed by atoms with van der Waals surface area (Å²) in [4.78, 5) is 0. The first-order chi connectivity index (χ1) is 9.27. The highest BCUT2D eigenvalue weighted by atomic mass is 19.1. The monoisotopic (exact) mass is 263 g/mol. The van der Waals surface area contributed by atoms with Gasteiger partial charge in [-0.25, -0.2) is 4.39 Å². The second kappa shape index (κ2) is 7.04. The molecule has 0 radical (unpaired) electrons. The lowest BCUT2D eigenvalue weighted by Gasteiger charge is -2.34. The van der Waals surface area contributed by atoms with E-state index in [0.29, 0.717) is 0 Å². The number of hydrogen-bond acceptors (Lipinski definition) is 1. The minimum Gasteiger partial charge on any atom is -0.316 e. The van der Waals surface area contributed by atoms with Crippen LogP contribution in [-0.2, 0) is 5.41 Å². The average Bonchev–Trinajstić information content (AvgIpc) is 2.66. The summed E-state index contributed by atoms with van der Waals surface area (Å²) in [5.74, 6) is -0.131. The molecule has 2 heteroatoms. The molecule has 0 spiro atoms. The van der Waals surface area contributed by atoms with Crippen LogP contribution in [0.4, 0.5) is 4.39 Å². The SMILES string of the molecule is CCCNCC1(c2ccc(F)cc2)CCCCCC1. The van der Waals surface area contributed by atoms with Crippen molar-refractivity contribution in [3.8, 4) is 0 Å². The molecule has 1 nitrogen and oxygen atoms in total. The van der Waals surface area contributed by atoms with Crippen molar-refractivity contribution in [2.75, 3.05) is 13.1 Å². The molecule has 19 heavy (non-hydrogen) atoms. The van der Waals surface area contributed by atoms with Crippen molar-refractivity contribution < 1.29 is 4.39 Å². The van der Waals surface area contributed by atoms with Gasteiger partial charge in [-0.15, -0.1) is 0 Å². The van der Waals surface area contributed by atoms with Gasteiger partial charge in [-0.3, -0.25) is 0 Å². The van der Waals surface area contributed by atoms with Crippen molar-refractivity contribution in [1.29, 1.82) is 0 Å². The topological polar surface area (TPSA) is 12.0 Å². The first-order valence-electron chi connectivity index (χ1n) is 7.74. The fourth-order valence-corrected chi connectivity index (χ4v) is 3.28. The molecule has 106 valence electrons. The van der Waals surface area contributed by atoms with Gasteiger partial charge >= 0.3 is 0 Å². The van der Waals surface area contributed by atoms with E-state index < -0.39 is 0 Å². The molecule has 0 atom stereocenters. The molecular formula is C17H26FN. The Morgan fingerprint density at radius 1 is 1.05 bits per heavy atom. The first-order valence-corrected chi connectivity index (χ1v) is 7.74.